The molecular formula is C7H19N9Si. The van der Waals surface area contributed by atoms with Gasteiger partial charge in [0.15, 0.2) is 17.9 Å². The molecule has 96 valence electrons. The van der Waals surface area contributed by atoms with Crippen molar-refractivity contribution < 1.29 is 0 Å². The fourth-order valence-electron chi connectivity index (χ4n) is 0.884. The molecule has 12 N–H and O–H groups in total. The van der Waals surface area contributed by atoms with Gasteiger partial charge in [-0.1, -0.05) is 0 Å². The molecule has 0 rings (SSSR count). The van der Waals surface area contributed by atoms with E-state index in [2.05, 4.69) is 34.7 Å². The first kappa shape index (κ1) is 16.9. The molecule has 0 spiro atoms. The molecule has 0 unspecified atom stereocenters. The molecule has 0 aromatic rings. The fraction of sp³-hybridized carbons (Fsp3) is 0. The number of rotatable bonds is 4. The maximum atomic E-state index is 7.09. The molecule has 0 saturated heterocycles. The van der Waals surface area contributed by atoms with Crippen LogP contribution in [0.5, 0.6) is 0 Å². The van der Waals surface area contributed by atoms with E-state index in [0.717, 1.165) is 0 Å². The lowest BCUT2D eigenvalue weighted by Crippen LogP contribution is -2.77. The van der Waals surface area contributed by atoms with Crippen LogP contribution in [-0.2, 0) is 0 Å². The largest absolute Gasteiger partial charge is 0.405 e. The summed E-state index contributed by atoms with van der Waals surface area (Å²) in [6.07, 6.45) is 0. The van der Waals surface area contributed by atoms with Crippen molar-refractivity contribution >= 4 is 26.4 Å². The highest BCUT2D eigenvalue weighted by molar-refractivity contribution is 6.83. The number of nitrogens with two attached hydrogens (primary N) is 3. The second-order valence-electron chi connectivity index (χ2n) is 2.63. The minimum absolute atomic E-state index is 0.343. The van der Waals surface area contributed by atoms with Crippen molar-refractivity contribution in [2.45, 2.75) is 0 Å². The second kappa shape index (κ2) is 7.75. The highest BCUT2D eigenvalue weighted by Gasteiger charge is 2.34. The third-order valence-corrected chi connectivity index (χ3v) is 3.91. The topological polar surface area (TPSA) is 186 Å². The quantitative estimate of drug-likeness (QED) is 0.120. The molecule has 0 aromatic heterocycles. The minimum Gasteiger partial charge on any atom is -0.371 e. The summed E-state index contributed by atoms with van der Waals surface area (Å²) in [6, 6.07) is 0. The summed E-state index contributed by atoms with van der Waals surface area (Å²) in [5.74, 6) is -1.03. The first-order valence-corrected chi connectivity index (χ1v) is 6.39. The Labute approximate surface area is 101 Å². The average molecular weight is 257 g/mol. The predicted molar refractivity (Wildman–Crippen MR) is 72.4 cm³/mol. The fourth-order valence-corrected chi connectivity index (χ4v) is 2.65. The van der Waals surface area contributed by atoms with E-state index in [1.54, 1.807) is 0 Å². The van der Waals surface area contributed by atoms with E-state index < -0.39 is 8.56 Å². The maximum Gasteiger partial charge on any atom is 0.405 e. The summed E-state index contributed by atoms with van der Waals surface area (Å²) < 4.78 is 0. The van der Waals surface area contributed by atoms with Crippen LogP contribution >= 0.6 is 0 Å². The van der Waals surface area contributed by atoms with Gasteiger partial charge in [-0.3, -0.25) is 16.2 Å². The van der Waals surface area contributed by atoms with Crippen LogP contribution in [0.4, 0.5) is 0 Å². The summed E-state index contributed by atoms with van der Waals surface area (Å²) in [4.78, 5) is 7.57. The summed E-state index contributed by atoms with van der Waals surface area (Å²) in [7, 11) is -2.99. The van der Waals surface area contributed by atoms with E-state index in [4.69, 9.17) is 33.4 Å². The average Bonchev–Trinajstić information content (AvgIpc) is 2.17. The van der Waals surface area contributed by atoms with E-state index in [9.17, 15) is 0 Å². The molecule has 0 fully saturated rings. The smallest absolute Gasteiger partial charge is 0.371 e. The SMILES string of the molecule is C=C.C=C[Si](NC(=N)N)(NC(=N)N)NC(=N)N. The molecule has 0 saturated carbocycles. The van der Waals surface area contributed by atoms with Gasteiger partial charge < -0.3 is 32.1 Å². The normalized spacial score (nSPS) is 11.8. The third-order valence-electron chi connectivity index (χ3n) is 1.30. The molecule has 0 heterocycles. The molecule has 9 nitrogen and oxygen atoms in total. The van der Waals surface area contributed by atoms with Crippen LogP contribution in [0.2, 0.25) is 0 Å². The Morgan fingerprint density at radius 2 is 1.12 bits per heavy atom. The van der Waals surface area contributed by atoms with Crippen LogP contribution in [0, 0.1) is 16.2 Å². The van der Waals surface area contributed by atoms with Gasteiger partial charge in [0, 0.05) is 0 Å². The van der Waals surface area contributed by atoms with Crippen molar-refractivity contribution in [2.24, 2.45) is 17.2 Å². The molecule has 10 heteroatoms. The van der Waals surface area contributed by atoms with Crippen LogP contribution in [0.25, 0.3) is 0 Å². The lowest BCUT2D eigenvalue weighted by Gasteiger charge is -2.29. The van der Waals surface area contributed by atoms with E-state index in [0.29, 0.717) is 0 Å². The van der Waals surface area contributed by atoms with Crippen molar-refractivity contribution in [3.05, 3.63) is 25.4 Å². The van der Waals surface area contributed by atoms with Crippen molar-refractivity contribution in [1.29, 1.82) is 16.2 Å². The summed E-state index contributed by atoms with van der Waals surface area (Å²) in [5.41, 5.74) is 16.9. The summed E-state index contributed by atoms with van der Waals surface area (Å²) in [6.45, 7) is 9.51. The Bertz CT molecular complexity index is 272. The Morgan fingerprint density at radius 1 is 0.882 bits per heavy atom. The zero-order valence-corrected chi connectivity index (χ0v) is 10.4. The summed E-state index contributed by atoms with van der Waals surface area (Å²) >= 11 is 0. The van der Waals surface area contributed by atoms with Crippen LogP contribution in [-0.4, -0.2) is 26.4 Å². The molecule has 0 bridgehead atoms. The molecule has 0 atom stereocenters. The lowest BCUT2D eigenvalue weighted by molar-refractivity contribution is 1.06. The lowest BCUT2D eigenvalue weighted by atomic mass is 11.1. The molecule has 0 amide bonds. The van der Waals surface area contributed by atoms with Gasteiger partial charge in [-0.25, -0.2) is 0 Å². The molecule has 0 radical (unpaired) electrons. The van der Waals surface area contributed by atoms with E-state index in [-0.39, 0.29) is 17.9 Å². The molecule has 0 aromatic carbocycles. The molecule has 0 aliphatic rings. The predicted octanol–water partition coefficient (Wildman–Crippen LogP) is -2.10. The zero-order chi connectivity index (χ0) is 14.1. The van der Waals surface area contributed by atoms with Crippen molar-refractivity contribution in [3.8, 4) is 0 Å². The second-order valence-corrected chi connectivity index (χ2v) is 5.40. The molecule has 0 aliphatic heterocycles. The van der Waals surface area contributed by atoms with Gasteiger partial charge >= 0.3 is 8.56 Å². The number of guanidine groups is 3. The first-order valence-electron chi connectivity index (χ1n) is 4.31. The number of hydrogen-bond donors (Lipinski definition) is 9. The van der Waals surface area contributed by atoms with Crippen molar-refractivity contribution in [3.63, 3.8) is 0 Å². The van der Waals surface area contributed by atoms with E-state index in [1.165, 1.54) is 5.70 Å². The zero-order valence-electron chi connectivity index (χ0n) is 9.43. The Kier molecular flexibility index (Phi) is 7.72. The van der Waals surface area contributed by atoms with Crippen LogP contribution < -0.4 is 32.1 Å². The van der Waals surface area contributed by atoms with E-state index >= 15 is 0 Å². The molecule has 0 aliphatic carbocycles. The van der Waals surface area contributed by atoms with Crippen LogP contribution in [0.1, 0.15) is 0 Å². The Morgan fingerprint density at radius 3 is 1.24 bits per heavy atom. The van der Waals surface area contributed by atoms with E-state index in [1.807, 2.05) is 0 Å². The van der Waals surface area contributed by atoms with Gasteiger partial charge in [0.05, 0.1) is 0 Å². The van der Waals surface area contributed by atoms with Gasteiger partial charge in [0.2, 0.25) is 0 Å². The highest BCUT2D eigenvalue weighted by Crippen LogP contribution is 1.88. The van der Waals surface area contributed by atoms with Gasteiger partial charge in [0.1, 0.15) is 0 Å². The van der Waals surface area contributed by atoms with Crippen molar-refractivity contribution in [1.82, 2.24) is 14.9 Å². The highest BCUT2D eigenvalue weighted by atomic mass is 28.4. The minimum atomic E-state index is -2.99. The van der Waals surface area contributed by atoms with Gasteiger partial charge in [-0.05, 0) is 5.70 Å². The van der Waals surface area contributed by atoms with Crippen molar-refractivity contribution in [2.75, 3.05) is 0 Å². The third kappa shape index (κ3) is 7.44. The number of nitrogens with one attached hydrogen (secondary N) is 6. The summed E-state index contributed by atoms with van der Waals surface area (Å²) in [5, 5.41) is 21.3. The first-order chi connectivity index (χ1) is 7.81. The van der Waals surface area contributed by atoms with Gasteiger partial charge in [-0.2, -0.15) is 0 Å². The Hall–Kier alpha value is -2.49. The van der Waals surface area contributed by atoms with Gasteiger partial charge in [0.25, 0.3) is 0 Å². The maximum absolute atomic E-state index is 7.09. The van der Waals surface area contributed by atoms with Crippen LogP contribution in [0.15, 0.2) is 25.4 Å². The van der Waals surface area contributed by atoms with Gasteiger partial charge in [-0.15, -0.1) is 19.7 Å². The van der Waals surface area contributed by atoms with Crippen LogP contribution in [0.3, 0.4) is 0 Å². The molecule has 17 heavy (non-hydrogen) atoms. The Balaban J connectivity index is 0. The number of hydrogen-bond acceptors (Lipinski definition) is 3. The monoisotopic (exact) mass is 257 g/mol. The standard InChI is InChI=1S/C5H15N9Si.C2H4/c1-2-15(12-3(6)7,13-4(8)9)14-5(10)11;1-2/h2H,1H2,(H4,6,7,12)(H4,8,9,13)(H4,10,11,14);1-2H2. The molecular weight excluding hydrogens is 238 g/mol.